The third kappa shape index (κ3) is 3.69. The van der Waals surface area contributed by atoms with E-state index in [1.807, 2.05) is 25.1 Å². The van der Waals surface area contributed by atoms with E-state index in [-0.39, 0.29) is 6.04 Å². The molecule has 1 unspecified atom stereocenters. The van der Waals surface area contributed by atoms with E-state index in [9.17, 15) is 0 Å². The van der Waals surface area contributed by atoms with E-state index >= 15 is 0 Å². The van der Waals surface area contributed by atoms with Crippen molar-refractivity contribution in [1.29, 1.82) is 0 Å². The van der Waals surface area contributed by atoms with Crippen LogP contribution in [0.1, 0.15) is 31.0 Å². The number of para-hydroxylation sites is 1. The van der Waals surface area contributed by atoms with Crippen LogP contribution in [0.5, 0.6) is 11.5 Å². The first kappa shape index (κ1) is 15.2. The van der Waals surface area contributed by atoms with Crippen molar-refractivity contribution in [2.75, 3.05) is 19.0 Å². The highest BCUT2D eigenvalue weighted by Crippen LogP contribution is 2.32. The third-order valence-corrected chi connectivity index (χ3v) is 3.41. The standard InChI is InChI=1S/C18H23NO2/c1-5-21-18-12-13(2)10-11-16(18)19-14(3)15-8-6-7-9-17(15)20-4/h6-12,14,19H,5H2,1-4H3. The van der Waals surface area contributed by atoms with Gasteiger partial charge in [-0.1, -0.05) is 24.3 Å². The molecule has 1 atom stereocenters. The molecule has 0 radical (unpaired) electrons. The molecule has 3 nitrogen and oxygen atoms in total. The van der Waals surface area contributed by atoms with Gasteiger partial charge in [0.05, 0.1) is 25.4 Å². The zero-order valence-electron chi connectivity index (χ0n) is 13.1. The van der Waals surface area contributed by atoms with E-state index in [2.05, 4.69) is 43.4 Å². The number of methoxy groups -OCH3 is 1. The Morgan fingerprint density at radius 2 is 1.86 bits per heavy atom. The first-order chi connectivity index (χ1) is 10.2. The van der Waals surface area contributed by atoms with Crippen molar-refractivity contribution in [2.24, 2.45) is 0 Å². The van der Waals surface area contributed by atoms with Crippen LogP contribution in [0.3, 0.4) is 0 Å². The highest BCUT2D eigenvalue weighted by atomic mass is 16.5. The monoisotopic (exact) mass is 285 g/mol. The van der Waals surface area contributed by atoms with Crippen LogP contribution in [-0.4, -0.2) is 13.7 Å². The Labute approximate surface area is 126 Å². The second-order valence-corrected chi connectivity index (χ2v) is 5.04. The Morgan fingerprint density at radius 1 is 1.10 bits per heavy atom. The van der Waals surface area contributed by atoms with Crippen molar-refractivity contribution in [2.45, 2.75) is 26.8 Å². The van der Waals surface area contributed by atoms with E-state index in [1.54, 1.807) is 7.11 Å². The van der Waals surface area contributed by atoms with Crippen molar-refractivity contribution in [3.05, 3.63) is 53.6 Å². The maximum atomic E-state index is 5.72. The van der Waals surface area contributed by atoms with Crippen LogP contribution in [0.25, 0.3) is 0 Å². The van der Waals surface area contributed by atoms with Gasteiger partial charge in [-0.25, -0.2) is 0 Å². The van der Waals surface area contributed by atoms with Crippen LogP contribution in [0.15, 0.2) is 42.5 Å². The summed E-state index contributed by atoms with van der Waals surface area (Å²) >= 11 is 0. The summed E-state index contributed by atoms with van der Waals surface area (Å²) in [5.41, 5.74) is 3.32. The lowest BCUT2D eigenvalue weighted by atomic mass is 10.1. The van der Waals surface area contributed by atoms with E-state index in [4.69, 9.17) is 9.47 Å². The molecule has 0 fully saturated rings. The highest BCUT2D eigenvalue weighted by Gasteiger charge is 2.13. The maximum Gasteiger partial charge on any atom is 0.142 e. The van der Waals surface area contributed by atoms with Crippen LogP contribution in [-0.2, 0) is 0 Å². The van der Waals surface area contributed by atoms with Gasteiger partial charge in [0.2, 0.25) is 0 Å². The van der Waals surface area contributed by atoms with E-state index in [0.717, 1.165) is 22.7 Å². The molecule has 0 saturated carbocycles. The Balaban J connectivity index is 2.25. The van der Waals surface area contributed by atoms with Crippen molar-refractivity contribution in [1.82, 2.24) is 0 Å². The molecule has 0 amide bonds. The summed E-state index contributed by atoms with van der Waals surface area (Å²) in [5.74, 6) is 1.78. The van der Waals surface area contributed by atoms with Gasteiger partial charge in [-0.2, -0.15) is 0 Å². The highest BCUT2D eigenvalue weighted by molar-refractivity contribution is 5.59. The lowest BCUT2D eigenvalue weighted by Crippen LogP contribution is -2.09. The van der Waals surface area contributed by atoms with Crippen molar-refractivity contribution < 1.29 is 9.47 Å². The topological polar surface area (TPSA) is 30.5 Å². The zero-order chi connectivity index (χ0) is 15.2. The van der Waals surface area contributed by atoms with E-state index < -0.39 is 0 Å². The minimum atomic E-state index is 0.128. The number of hydrogen-bond acceptors (Lipinski definition) is 3. The van der Waals surface area contributed by atoms with Gasteiger partial charge in [-0.05, 0) is 44.5 Å². The molecule has 0 heterocycles. The van der Waals surface area contributed by atoms with Gasteiger partial charge >= 0.3 is 0 Å². The van der Waals surface area contributed by atoms with Gasteiger partial charge in [0.15, 0.2) is 0 Å². The SMILES string of the molecule is CCOc1cc(C)ccc1NC(C)c1ccccc1OC. The molecule has 0 aliphatic rings. The normalized spacial score (nSPS) is 11.8. The number of nitrogens with one attached hydrogen (secondary N) is 1. The molecule has 2 aromatic rings. The molecule has 0 spiro atoms. The number of hydrogen-bond donors (Lipinski definition) is 1. The largest absolute Gasteiger partial charge is 0.496 e. The van der Waals surface area contributed by atoms with Gasteiger partial charge in [0, 0.05) is 5.56 Å². The predicted molar refractivity (Wildman–Crippen MR) is 87.4 cm³/mol. The number of aryl methyl sites for hydroxylation is 1. The van der Waals surface area contributed by atoms with E-state index in [1.165, 1.54) is 5.56 Å². The van der Waals surface area contributed by atoms with Crippen molar-refractivity contribution >= 4 is 5.69 Å². The average molecular weight is 285 g/mol. The number of rotatable bonds is 6. The average Bonchev–Trinajstić information content (AvgIpc) is 2.50. The first-order valence-corrected chi connectivity index (χ1v) is 7.28. The molecule has 0 aliphatic carbocycles. The minimum Gasteiger partial charge on any atom is -0.496 e. The molecular formula is C18H23NO2. The number of anilines is 1. The van der Waals surface area contributed by atoms with Gasteiger partial charge in [0.1, 0.15) is 11.5 Å². The van der Waals surface area contributed by atoms with Crippen LogP contribution in [0, 0.1) is 6.92 Å². The number of ether oxygens (including phenoxy) is 2. The fourth-order valence-electron chi connectivity index (χ4n) is 2.36. The summed E-state index contributed by atoms with van der Waals surface area (Å²) in [6.07, 6.45) is 0. The lowest BCUT2D eigenvalue weighted by Gasteiger charge is -2.20. The third-order valence-electron chi connectivity index (χ3n) is 3.41. The predicted octanol–water partition coefficient (Wildman–Crippen LogP) is 4.58. The Morgan fingerprint density at radius 3 is 2.57 bits per heavy atom. The molecular weight excluding hydrogens is 262 g/mol. The fraction of sp³-hybridized carbons (Fsp3) is 0.333. The molecule has 2 aromatic carbocycles. The summed E-state index contributed by atoms with van der Waals surface area (Å²) in [7, 11) is 1.70. The molecule has 1 N–H and O–H groups in total. The second-order valence-electron chi connectivity index (χ2n) is 5.04. The number of benzene rings is 2. The quantitative estimate of drug-likeness (QED) is 0.843. The summed E-state index contributed by atoms with van der Waals surface area (Å²) in [4.78, 5) is 0. The summed E-state index contributed by atoms with van der Waals surface area (Å²) in [6.45, 7) is 6.83. The molecule has 0 aliphatic heterocycles. The van der Waals surface area contributed by atoms with Gasteiger partial charge in [-0.15, -0.1) is 0 Å². The minimum absolute atomic E-state index is 0.128. The molecule has 0 bridgehead atoms. The van der Waals surface area contributed by atoms with Crippen LogP contribution < -0.4 is 14.8 Å². The summed E-state index contributed by atoms with van der Waals surface area (Å²) in [6, 6.07) is 14.4. The van der Waals surface area contributed by atoms with E-state index in [0.29, 0.717) is 6.61 Å². The summed E-state index contributed by atoms with van der Waals surface area (Å²) < 4.78 is 11.1. The fourth-order valence-corrected chi connectivity index (χ4v) is 2.36. The van der Waals surface area contributed by atoms with Crippen molar-refractivity contribution in [3.63, 3.8) is 0 Å². The first-order valence-electron chi connectivity index (χ1n) is 7.28. The zero-order valence-corrected chi connectivity index (χ0v) is 13.1. The van der Waals surface area contributed by atoms with Crippen LogP contribution in [0.4, 0.5) is 5.69 Å². The van der Waals surface area contributed by atoms with Crippen molar-refractivity contribution in [3.8, 4) is 11.5 Å². The van der Waals surface area contributed by atoms with Gasteiger partial charge in [0.25, 0.3) is 0 Å². The molecule has 0 saturated heterocycles. The maximum absolute atomic E-state index is 5.72. The molecule has 21 heavy (non-hydrogen) atoms. The smallest absolute Gasteiger partial charge is 0.142 e. The molecule has 3 heteroatoms. The summed E-state index contributed by atoms with van der Waals surface area (Å²) in [5, 5.41) is 3.51. The van der Waals surface area contributed by atoms with Crippen LogP contribution in [0.2, 0.25) is 0 Å². The molecule has 112 valence electrons. The molecule has 2 rings (SSSR count). The van der Waals surface area contributed by atoms with Gasteiger partial charge in [-0.3, -0.25) is 0 Å². The second kappa shape index (κ2) is 7.02. The Bertz CT molecular complexity index is 596. The Kier molecular flexibility index (Phi) is 5.09. The van der Waals surface area contributed by atoms with Crippen LogP contribution >= 0.6 is 0 Å². The lowest BCUT2D eigenvalue weighted by molar-refractivity contribution is 0.341. The Hall–Kier alpha value is -2.16. The van der Waals surface area contributed by atoms with Gasteiger partial charge < -0.3 is 14.8 Å². The molecule has 0 aromatic heterocycles.